The molecule has 120 valence electrons. The standard InChI is InChI=1S/C18H19NO4/c1-18(2,3)14-9-7-13(8-10-14)16(20)12-23-17(21)15-6-4-5-11-19(15)22/h4-11H,12H2,1-3H3. The number of esters is 1. The Kier molecular flexibility index (Phi) is 4.79. The van der Waals surface area contributed by atoms with E-state index in [2.05, 4.69) is 20.8 Å². The zero-order valence-corrected chi connectivity index (χ0v) is 13.4. The van der Waals surface area contributed by atoms with Gasteiger partial charge in [-0.3, -0.25) is 4.79 Å². The number of rotatable bonds is 4. The van der Waals surface area contributed by atoms with Crippen LogP contribution in [0, 0.1) is 5.21 Å². The second kappa shape index (κ2) is 6.60. The van der Waals surface area contributed by atoms with Crippen LogP contribution in [0.15, 0.2) is 48.7 Å². The number of benzene rings is 1. The van der Waals surface area contributed by atoms with E-state index in [9.17, 15) is 14.8 Å². The van der Waals surface area contributed by atoms with Gasteiger partial charge in [0.1, 0.15) is 0 Å². The van der Waals surface area contributed by atoms with E-state index in [-0.39, 0.29) is 16.9 Å². The lowest BCUT2D eigenvalue weighted by Gasteiger charge is -2.18. The smallest absolute Gasteiger partial charge is 0.405 e. The second-order valence-corrected chi connectivity index (χ2v) is 6.24. The summed E-state index contributed by atoms with van der Waals surface area (Å²) in [4.78, 5) is 23.9. The van der Waals surface area contributed by atoms with Crippen molar-refractivity contribution in [2.24, 2.45) is 0 Å². The molecule has 1 heterocycles. The van der Waals surface area contributed by atoms with Crippen LogP contribution in [0.1, 0.15) is 47.2 Å². The largest absolute Gasteiger partial charge is 0.618 e. The van der Waals surface area contributed by atoms with Crippen molar-refractivity contribution >= 4 is 11.8 Å². The minimum atomic E-state index is -0.819. The zero-order chi connectivity index (χ0) is 17.0. The minimum absolute atomic E-state index is 0.00308. The highest BCUT2D eigenvalue weighted by molar-refractivity contribution is 5.98. The Morgan fingerprint density at radius 1 is 1.09 bits per heavy atom. The first-order valence-electron chi connectivity index (χ1n) is 7.28. The molecule has 23 heavy (non-hydrogen) atoms. The molecule has 0 saturated carbocycles. The van der Waals surface area contributed by atoms with Crippen LogP contribution < -0.4 is 4.73 Å². The van der Waals surface area contributed by atoms with Gasteiger partial charge in [0.15, 0.2) is 18.6 Å². The van der Waals surface area contributed by atoms with Gasteiger partial charge in [-0.1, -0.05) is 45.0 Å². The third-order valence-electron chi connectivity index (χ3n) is 3.44. The highest BCUT2D eigenvalue weighted by atomic mass is 16.5. The predicted molar refractivity (Wildman–Crippen MR) is 85.2 cm³/mol. The van der Waals surface area contributed by atoms with Gasteiger partial charge in [-0.05, 0) is 17.0 Å². The number of hydrogen-bond acceptors (Lipinski definition) is 4. The van der Waals surface area contributed by atoms with Gasteiger partial charge >= 0.3 is 11.7 Å². The van der Waals surface area contributed by atoms with E-state index < -0.39 is 12.6 Å². The SMILES string of the molecule is CC(C)(C)c1ccc(C(=O)COC(=O)c2cccc[n+]2[O-])cc1. The number of Topliss-reactive ketones (excluding diaryl/α,β-unsaturated/α-hetero) is 1. The molecule has 1 aromatic heterocycles. The number of carbonyl (C=O) groups is 2. The van der Waals surface area contributed by atoms with Crippen molar-refractivity contribution in [3.05, 3.63) is 70.7 Å². The van der Waals surface area contributed by atoms with Gasteiger partial charge in [-0.2, -0.15) is 4.73 Å². The lowest BCUT2D eigenvalue weighted by molar-refractivity contribution is -0.608. The first-order chi connectivity index (χ1) is 10.8. The minimum Gasteiger partial charge on any atom is -0.618 e. The molecule has 0 amide bonds. The highest BCUT2D eigenvalue weighted by Gasteiger charge is 2.19. The molecular weight excluding hydrogens is 294 g/mol. The van der Waals surface area contributed by atoms with Crippen molar-refractivity contribution in [3.8, 4) is 0 Å². The maximum Gasteiger partial charge on any atom is 0.405 e. The van der Waals surface area contributed by atoms with E-state index in [0.29, 0.717) is 10.3 Å². The van der Waals surface area contributed by atoms with Crippen LogP contribution in [0.5, 0.6) is 0 Å². The number of ketones is 1. The van der Waals surface area contributed by atoms with Crippen molar-refractivity contribution < 1.29 is 19.1 Å². The summed E-state index contributed by atoms with van der Waals surface area (Å²) in [5.74, 6) is -1.13. The maximum absolute atomic E-state index is 12.1. The molecule has 0 spiro atoms. The Hall–Kier alpha value is -2.69. The molecule has 0 aliphatic heterocycles. The Balaban J connectivity index is 2.00. The van der Waals surface area contributed by atoms with Gasteiger partial charge in [0.25, 0.3) is 0 Å². The van der Waals surface area contributed by atoms with E-state index in [1.807, 2.05) is 12.1 Å². The van der Waals surface area contributed by atoms with E-state index in [1.54, 1.807) is 18.2 Å². The van der Waals surface area contributed by atoms with Crippen molar-refractivity contribution in [1.29, 1.82) is 0 Å². The Morgan fingerprint density at radius 2 is 1.74 bits per heavy atom. The van der Waals surface area contributed by atoms with Gasteiger partial charge < -0.3 is 9.94 Å². The van der Waals surface area contributed by atoms with Crippen LogP contribution in [0.4, 0.5) is 0 Å². The summed E-state index contributed by atoms with van der Waals surface area (Å²) in [6.45, 7) is 5.86. The molecular formula is C18H19NO4. The summed E-state index contributed by atoms with van der Waals surface area (Å²) < 4.78 is 5.32. The third kappa shape index (κ3) is 4.16. The lowest BCUT2D eigenvalue weighted by Crippen LogP contribution is -2.35. The van der Waals surface area contributed by atoms with Gasteiger partial charge in [-0.25, -0.2) is 4.79 Å². The van der Waals surface area contributed by atoms with Crippen LogP contribution in [-0.2, 0) is 10.2 Å². The molecule has 0 N–H and O–H groups in total. The number of ether oxygens (including phenoxy) is 1. The third-order valence-corrected chi connectivity index (χ3v) is 3.44. The molecule has 0 unspecified atom stereocenters. The van der Waals surface area contributed by atoms with Crippen LogP contribution in [0.3, 0.4) is 0 Å². The fraction of sp³-hybridized carbons (Fsp3) is 0.278. The average molecular weight is 313 g/mol. The number of nitrogens with zero attached hydrogens (tertiary/aromatic N) is 1. The first-order valence-corrected chi connectivity index (χ1v) is 7.28. The van der Waals surface area contributed by atoms with Gasteiger partial charge in [0.05, 0.1) is 0 Å². The Bertz CT molecular complexity index is 715. The van der Waals surface area contributed by atoms with Crippen molar-refractivity contribution in [2.45, 2.75) is 26.2 Å². The zero-order valence-electron chi connectivity index (χ0n) is 13.4. The summed E-state index contributed by atoms with van der Waals surface area (Å²) in [7, 11) is 0. The Morgan fingerprint density at radius 3 is 2.30 bits per heavy atom. The lowest BCUT2D eigenvalue weighted by atomic mass is 9.86. The van der Waals surface area contributed by atoms with E-state index in [0.717, 1.165) is 5.56 Å². The van der Waals surface area contributed by atoms with Crippen LogP contribution >= 0.6 is 0 Å². The molecule has 5 heteroatoms. The average Bonchev–Trinajstić information content (AvgIpc) is 2.52. The fourth-order valence-corrected chi connectivity index (χ4v) is 2.03. The molecule has 0 saturated heterocycles. The summed E-state index contributed by atoms with van der Waals surface area (Å²) in [5, 5.41) is 11.4. The first kappa shape index (κ1) is 16.7. The quantitative estimate of drug-likeness (QED) is 0.376. The molecule has 0 bridgehead atoms. The maximum atomic E-state index is 12.1. The van der Waals surface area contributed by atoms with Gasteiger partial charge in [0, 0.05) is 17.7 Å². The van der Waals surface area contributed by atoms with Crippen molar-refractivity contribution in [3.63, 3.8) is 0 Å². The topological polar surface area (TPSA) is 70.3 Å². The predicted octanol–water partition coefficient (Wildman–Crippen LogP) is 2.66. The van der Waals surface area contributed by atoms with Gasteiger partial charge in [-0.15, -0.1) is 0 Å². The van der Waals surface area contributed by atoms with Crippen LogP contribution in [0.25, 0.3) is 0 Å². The van der Waals surface area contributed by atoms with E-state index in [1.165, 1.54) is 18.3 Å². The summed E-state index contributed by atoms with van der Waals surface area (Å²) in [6, 6.07) is 11.6. The molecule has 0 aliphatic rings. The number of aromatic nitrogens is 1. The van der Waals surface area contributed by atoms with Crippen LogP contribution in [0.2, 0.25) is 0 Å². The molecule has 2 aromatic rings. The molecule has 0 atom stereocenters. The second-order valence-electron chi connectivity index (χ2n) is 6.24. The van der Waals surface area contributed by atoms with E-state index >= 15 is 0 Å². The Labute approximate surface area is 135 Å². The molecule has 5 nitrogen and oxygen atoms in total. The molecule has 1 aromatic carbocycles. The summed E-state index contributed by atoms with van der Waals surface area (Å²) in [6.07, 6.45) is 1.20. The molecule has 0 fully saturated rings. The molecule has 0 radical (unpaired) electrons. The fourth-order valence-electron chi connectivity index (χ4n) is 2.03. The van der Waals surface area contributed by atoms with E-state index in [4.69, 9.17) is 4.74 Å². The molecule has 2 rings (SSSR count). The van der Waals surface area contributed by atoms with Gasteiger partial charge in [0.2, 0.25) is 0 Å². The monoisotopic (exact) mass is 313 g/mol. The normalized spacial score (nSPS) is 11.1. The molecule has 0 aliphatic carbocycles. The van der Waals surface area contributed by atoms with Crippen molar-refractivity contribution in [2.75, 3.05) is 6.61 Å². The highest BCUT2D eigenvalue weighted by Crippen LogP contribution is 2.22. The summed E-state index contributed by atoms with van der Waals surface area (Å²) >= 11 is 0. The number of carbonyl (C=O) groups excluding carboxylic acids is 2. The van der Waals surface area contributed by atoms with Crippen LogP contribution in [-0.4, -0.2) is 18.4 Å². The van der Waals surface area contributed by atoms with Crippen molar-refractivity contribution in [1.82, 2.24) is 0 Å². The number of pyridine rings is 1. The number of hydrogen-bond donors (Lipinski definition) is 0. The summed E-state index contributed by atoms with van der Waals surface area (Å²) in [5.41, 5.74) is 1.43.